The average Bonchev–Trinajstić information content (AvgIpc) is 3.03. The van der Waals surface area contributed by atoms with Crippen LogP contribution < -0.4 is 4.74 Å². The molecule has 0 aliphatic heterocycles. The van der Waals surface area contributed by atoms with Crippen LogP contribution in [-0.4, -0.2) is 38.5 Å². The number of rotatable bonds is 9. The molecule has 0 aliphatic carbocycles. The van der Waals surface area contributed by atoms with Gasteiger partial charge in [0.25, 0.3) is 0 Å². The molecule has 0 spiro atoms. The molecule has 1 heterocycles. The summed E-state index contributed by atoms with van der Waals surface area (Å²) < 4.78 is 21.5. The van der Waals surface area contributed by atoms with Gasteiger partial charge in [0.05, 0.1) is 11.7 Å². The van der Waals surface area contributed by atoms with Gasteiger partial charge in [-0.1, -0.05) is 43.3 Å². The number of halogens is 1. The molecule has 6 heteroatoms. The lowest BCUT2D eigenvalue weighted by Gasteiger charge is -2.28. The van der Waals surface area contributed by atoms with Crippen molar-refractivity contribution in [1.29, 1.82) is 0 Å². The van der Waals surface area contributed by atoms with Gasteiger partial charge in [0, 0.05) is 37.8 Å². The zero-order valence-corrected chi connectivity index (χ0v) is 18.0. The van der Waals surface area contributed by atoms with Gasteiger partial charge in [-0.25, -0.2) is 9.07 Å². The van der Waals surface area contributed by atoms with Crippen molar-refractivity contribution in [3.63, 3.8) is 0 Å². The van der Waals surface area contributed by atoms with E-state index in [4.69, 9.17) is 9.84 Å². The van der Waals surface area contributed by atoms with E-state index in [2.05, 4.69) is 18.7 Å². The second kappa shape index (κ2) is 9.87. The van der Waals surface area contributed by atoms with Crippen molar-refractivity contribution in [1.82, 2.24) is 14.7 Å². The second-order valence-corrected chi connectivity index (χ2v) is 7.77. The van der Waals surface area contributed by atoms with Crippen molar-refractivity contribution >= 4 is 0 Å². The summed E-state index contributed by atoms with van der Waals surface area (Å²) in [5, 5.41) is 15.0. The maximum Gasteiger partial charge on any atom is 0.222 e. The highest BCUT2D eigenvalue weighted by Crippen LogP contribution is 2.34. The molecule has 1 atom stereocenters. The van der Waals surface area contributed by atoms with E-state index in [1.165, 1.54) is 12.1 Å². The molecule has 0 bridgehead atoms. The number of benzene rings is 2. The number of hydrogen-bond acceptors (Lipinski definition) is 4. The smallest absolute Gasteiger partial charge is 0.222 e. The number of aryl methyl sites for hydroxylation is 1. The predicted octanol–water partition coefficient (Wildman–Crippen LogP) is 5.00. The van der Waals surface area contributed by atoms with Crippen LogP contribution in [0, 0.1) is 5.82 Å². The van der Waals surface area contributed by atoms with E-state index >= 15 is 0 Å². The van der Waals surface area contributed by atoms with Gasteiger partial charge in [0.15, 0.2) is 0 Å². The normalized spacial score (nSPS) is 12.5. The summed E-state index contributed by atoms with van der Waals surface area (Å²) in [6, 6.07) is 16.3. The van der Waals surface area contributed by atoms with Gasteiger partial charge in [0.1, 0.15) is 17.3 Å². The summed E-state index contributed by atoms with van der Waals surface area (Å²) in [7, 11) is 1.82. The minimum atomic E-state index is -0.406. The molecule has 2 aromatic carbocycles. The molecule has 0 amide bonds. The zero-order chi connectivity index (χ0) is 21.7. The molecule has 0 unspecified atom stereocenters. The third-order valence-electron chi connectivity index (χ3n) is 5.15. The first-order valence-corrected chi connectivity index (χ1v) is 10.4. The lowest BCUT2D eigenvalue weighted by atomic mass is 10.1. The molecular formula is C24H30FN3O2. The standard InChI is InChI=1S/C24H30FN3O2/c1-5-20(29)15-28(17(2)3)16-22-23(18-10-7-6-8-11-18)26-27(4)24(22)30-21-13-9-12-19(25)14-21/h6-14,17,20,29H,5,15-16H2,1-4H3/t20-/m0/s1. The SMILES string of the molecule is CC[C@H](O)CN(Cc1c(-c2ccccc2)nn(C)c1Oc1cccc(F)c1)C(C)C. The Morgan fingerprint density at radius 3 is 2.50 bits per heavy atom. The predicted molar refractivity (Wildman–Crippen MR) is 117 cm³/mol. The third-order valence-corrected chi connectivity index (χ3v) is 5.15. The molecule has 3 rings (SSSR count). The number of hydrogen-bond donors (Lipinski definition) is 1. The number of aliphatic hydroxyl groups is 1. The Bertz CT molecular complexity index is 956. The topological polar surface area (TPSA) is 50.5 Å². The van der Waals surface area contributed by atoms with Gasteiger partial charge >= 0.3 is 0 Å². The Balaban J connectivity index is 2.04. The molecule has 5 nitrogen and oxygen atoms in total. The first kappa shape index (κ1) is 22.0. The van der Waals surface area contributed by atoms with E-state index in [-0.39, 0.29) is 11.9 Å². The van der Waals surface area contributed by atoms with Crippen LogP contribution in [0.5, 0.6) is 11.6 Å². The van der Waals surface area contributed by atoms with Crippen molar-refractivity contribution in [3.05, 3.63) is 66.0 Å². The van der Waals surface area contributed by atoms with E-state index in [0.29, 0.717) is 31.1 Å². The number of aliphatic hydroxyl groups excluding tert-OH is 1. The highest BCUT2D eigenvalue weighted by atomic mass is 19.1. The first-order chi connectivity index (χ1) is 14.4. The van der Waals surface area contributed by atoms with E-state index in [1.54, 1.807) is 16.8 Å². The van der Waals surface area contributed by atoms with Gasteiger partial charge in [0.2, 0.25) is 5.88 Å². The quantitative estimate of drug-likeness (QED) is 0.538. The van der Waals surface area contributed by atoms with Crippen LogP contribution in [0.15, 0.2) is 54.6 Å². The highest BCUT2D eigenvalue weighted by Gasteiger charge is 2.24. The molecular weight excluding hydrogens is 381 g/mol. The van der Waals surface area contributed by atoms with Crippen LogP contribution in [0.4, 0.5) is 4.39 Å². The fraction of sp³-hybridized carbons (Fsp3) is 0.375. The molecule has 1 aromatic heterocycles. The monoisotopic (exact) mass is 411 g/mol. The molecule has 30 heavy (non-hydrogen) atoms. The maximum absolute atomic E-state index is 13.7. The lowest BCUT2D eigenvalue weighted by molar-refractivity contribution is 0.0877. The molecule has 160 valence electrons. The van der Waals surface area contributed by atoms with Crippen molar-refractivity contribution in [2.75, 3.05) is 6.54 Å². The summed E-state index contributed by atoms with van der Waals surface area (Å²) in [6.45, 7) is 7.29. The van der Waals surface area contributed by atoms with Crippen molar-refractivity contribution in [2.45, 2.75) is 45.9 Å². The van der Waals surface area contributed by atoms with E-state index < -0.39 is 6.10 Å². The number of nitrogens with zero attached hydrogens (tertiary/aromatic N) is 3. The third kappa shape index (κ3) is 5.26. The zero-order valence-electron chi connectivity index (χ0n) is 18.0. The summed E-state index contributed by atoms with van der Waals surface area (Å²) in [4.78, 5) is 2.20. The van der Waals surface area contributed by atoms with E-state index in [1.807, 2.05) is 44.3 Å². The first-order valence-electron chi connectivity index (χ1n) is 10.4. The van der Waals surface area contributed by atoms with Gasteiger partial charge in [-0.05, 0) is 32.4 Å². The summed E-state index contributed by atoms with van der Waals surface area (Å²) >= 11 is 0. The van der Waals surface area contributed by atoms with E-state index in [0.717, 1.165) is 16.8 Å². The van der Waals surface area contributed by atoms with Gasteiger partial charge in [-0.2, -0.15) is 5.10 Å². The molecule has 0 aliphatic rings. The molecule has 1 N–H and O–H groups in total. The lowest BCUT2D eigenvalue weighted by Crippen LogP contribution is -2.37. The van der Waals surface area contributed by atoms with Gasteiger partial charge in [-0.15, -0.1) is 0 Å². The van der Waals surface area contributed by atoms with Gasteiger partial charge < -0.3 is 9.84 Å². The van der Waals surface area contributed by atoms with Crippen LogP contribution >= 0.6 is 0 Å². The number of aromatic nitrogens is 2. The molecule has 0 fully saturated rings. The number of ether oxygens (including phenoxy) is 1. The van der Waals surface area contributed by atoms with Crippen molar-refractivity contribution < 1.29 is 14.2 Å². The Morgan fingerprint density at radius 1 is 1.13 bits per heavy atom. The molecule has 0 saturated heterocycles. The minimum Gasteiger partial charge on any atom is -0.439 e. The van der Waals surface area contributed by atoms with Crippen molar-refractivity contribution in [3.8, 4) is 22.9 Å². The summed E-state index contributed by atoms with van der Waals surface area (Å²) in [6.07, 6.45) is 0.283. The van der Waals surface area contributed by atoms with Crippen molar-refractivity contribution in [2.24, 2.45) is 7.05 Å². The Hall–Kier alpha value is -2.70. The van der Waals surface area contributed by atoms with Crippen LogP contribution in [0.2, 0.25) is 0 Å². The molecule has 0 radical (unpaired) electrons. The highest BCUT2D eigenvalue weighted by molar-refractivity contribution is 5.65. The Labute approximate surface area is 177 Å². The maximum atomic E-state index is 13.7. The summed E-state index contributed by atoms with van der Waals surface area (Å²) in [5.41, 5.74) is 2.71. The largest absolute Gasteiger partial charge is 0.439 e. The van der Waals surface area contributed by atoms with Crippen LogP contribution in [0.25, 0.3) is 11.3 Å². The average molecular weight is 412 g/mol. The van der Waals surface area contributed by atoms with Gasteiger partial charge in [-0.3, -0.25) is 4.90 Å². The second-order valence-electron chi connectivity index (χ2n) is 7.77. The Morgan fingerprint density at radius 2 is 1.87 bits per heavy atom. The summed E-state index contributed by atoms with van der Waals surface area (Å²) in [5.74, 6) is 0.633. The fourth-order valence-electron chi connectivity index (χ4n) is 3.35. The van der Waals surface area contributed by atoms with Crippen LogP contribution in [0.3, 0.4) is 0 Å². The Kier molecular flexibility index (Phi) is 7.24. The minimum absolute atomic E-state index is 0.219. The fourth-order valence-corrected chi connectivity index (χ4v) is 3.35. The van der Waals surface area contributed by atoms with E-state index in [9.17, 15) is 9.50 Å². The molecule has 0 saturated carbocycles. The van der Waals surface area contributed by atoms with Crippen LogP contribution in [-0.2, 0) is 13.6 Å². The van der Waals surface area contributed by atoms with Crippen LogP contribution in [0.1, 0.15) is 32.8 Å². The molecule has 3 aromatic rings.